The standard InChI is InChI=1S/C19H22FN2O9P/c1-9-4-10(2)14-12(5-9)7-28-32(27,31-14)29-8-19(20)15(24)13(23)17(30-19)22-6-11(3)16(25)21-18(22)26/h4-6,13,15,17,23-24H,7-8H2,1-3H3,(H,21,25,26)/t13-,15+,17-,19-,32?/m1/s1. The number of aromatic nitrogens is 2. The molecule has 2 aliphatic heterocycles. The molecule has 2 aromatic rings. The molecule has 0 amide bonds. The van der Waals surface area contributed by atoms with Crippen molar-refractivity contribution in [2.45, 2.75) is 51.7 Å². The molecule has 0 bridgehead atoms. The average Bonchev–Trinajstić information content (AvgIpc) is 2.95. The van der Waals surface area contributed by atoms with Crippen LogP contribution < -0.4 is 15.8 Å². The molecule has 1 aromatic heterocycles. The Morgan fingerprint density at radius 1 is 1.28 bits per heavy atom. The van der Waals surface area contributed by atoms with E-state index >= 15 is 4.39 Å². The fourth-order valence-electron chi connectivity index (χ4n) is 3.66. The van der Waals surface area contributed by atoms with Gasteiger partial charge < -0.3 is 19.5 Å². The zero-order chi connectivity index (χ0) is 23.4. The van der Waals surface area contributed by atoms with Gasteiger partial charge in [-0.25, -0.2) is 13.8 Å². The van der Waals surface area contributed by atoms with Gasteiger partial charge in [-0.1, -0.05) is 17.7 Å². The molecule has 13 heteroatoms. The Bertz CT molecular complexity index is 1230. The van der Waals surface area contributed by atoms with Crippen LogP contribution in [0.2, 0.25) is 0 Å². The molecule has 3 N–H and O–H groups in total. The zero-order valence-electron chi connectivity index (χ0n) is 17.4. The first-order valence-corrected chi connectivity index (χ1v) is 11.1. The Balaban J connectivity index is 1.53. The molecule has 4 rings (SSSR count). The summed E-state index contributed by atoms with van der Waals surface area (Å²) in [5.74, 6) is -2.76. The van der Waals surface area contributed by atoms with E-state index in [-0.39, 0.29) is 12.2 Å². The Kier molecular flexibility index (Phi) is 5.64. The number of phosphoric ester groups is 1. The monoisotopic (exact) mass is 472 g/mol. The van der Waals surface area contributed by atoms with Crippen LogP contribution >= 0.6 is 7.82 Å². The lowest BCUT2D eigenvalue weighted by atomic mass is 10.1. The van der Waals surface area contributed by atoms with Gasteiger partial charge in [-0.2, -0.15) is 0 Å². The second-order valence-electron chi connectivity index (χ2n) is 7.86. The third kappa shape index (κ3) is 3.94. The molecule has 0 saturated carbocycles. The van der Waals surface area contributed by atoms with E-state index in [4.69, 9.17) is 18.3 Å². The lowest BCUT2D eigenvalue weighted by Gasteiger charge is -2.29. The van der Waals surface area contributed by atoms with E-state index < -0.39 is 50.0 Å². The number of nitrogens with one attached hydrogen (secondary N) is 1. The van der Waals surface area contributed by atoms with Crippen molar-refractivity contribution in [2.24, 2.45) is 0 Å². The molecule has 0 aliphatic carbocycles. The fourth-order valence-corrected chi connectivity index (χ4v) is 4.96. The van der Waals surface area contributed by atoms with E-state index in [1.807, 2.05) is 11.9 Å². The minimum Gasteiger partial charge on any atom is -0.403 e. The van der Waals surface area contributed by atoms with Crippen molar-refractivity contribution in [3.8, 4) is 5.75 Å². The Labute approximate surface area is 180 Å². The van der Waals surface area contributed by atoms with Crippen molar-refractivity contribution in [3.63, 3.8) is 0 Å². The van der Waals surface area contributed by atoms with Crippen LogP contribution in [0, 0.1) is 20.8 Å². The van der Waals surface area contributed by atoms with E-state index in [9.17, 15) is 24.4 Å². The topological polar surface area (TPSA) is 149 Å². The maximum absolute atomic E-state index is 15.4. The first-order chi connectivity index (χ1) is 14.9. The molecular weight excluding hydrogens is 450 g/mol. The predicted molar refractivity (Wildman–Crippen MR) is 107 cm³/mol. The van der Waals surface area contributed by atoms with Crippen molar-refractivity contribution < 1.29 is 37.5 Å². The van der Waals surface area contributed by atoms with Gasteiger partial charge in [-0.05, 0) is 26.3 Å². The number of hydrogen-bond donors (Lipinski definition) is 3. The molecule has 11 nitrogen and oxygen atoms in total. The van der Waals surface area contributed by atoms with Crippen molar-refractivity contribution in [1.82, 2.24) is 9.55 Å². The number of halogens is 1. The minimum atomic E-state index is -4.27. The van der Waals surface area contributed by atoms with E-state index in [0.29, 0.717) is 16.9 Å². The quantitative estimate of drug-likeness (QED) is 0.556. The number of rotatable bonds is 4. The predicted octanol–water partition coefficient (Wildman–Crippen LogP) is 1.11. The summed E-state index contributed by atoms with van der Waals surface area (Å²) in [5.41, 5.74) is 0.737. The maximum Gasteiger partial charge on any atom is 0.530 e. The molecule has 1 fully saturated rings. The molecule has 0 radical (unpaired) electrons. The molecule has 2 aliphatic rings. The number of H-pyrrole nitrogens is 1. The lowest BCUT2D eigenvalue weighted by Crippen LogP contribution is -2.43. The lowest BCUT2D eigenvalue weighted by molar-refractivity contribution is -0.205. The number of aliphatic hydroxyl groups is 2. The third-order valence-corrected chi connectivity index (χ3v) is 6.59. The number of phosphoric acid groups is 1. The minimum absolute atomic E-state index is 0.0974. The van der Waals surface area contributed by atoms with Gasteiger partial charge in [0, 0.05) is 17.3 Å². The zero-order valence-corrected chi connectivity index (χ0v) is 18.3. The molecular formula is C19H22FN2O9P. The molecule has 32 heavy (non-hydrogen) atoms. The fraction of sp³-hybridized carbons (Fsp3) is 0.474. The van der Waals surface area contributed by atoms with Gasteiger partial charge in [-0.15, -0.1) is 0 Å². The molecule has 0 spiro atoms. The highest BCUT2D eigenvalue weighted by atomic mass is 31.2. The van der Waals surface area contributed by atoms with E-state index in [2.05, 4.69) is 0 Å². The highest BCUT2D eigenvalue weighted by Crippen LogP contribution is 2.56. The van der Waals surface area contributed by atoms with Crippen LogP contribution in [-0.4, -0.2) is 44.4 Å². The first-order valence-electron chi connectivity index (χ1n) is 9.66. The highest BCUT2D eigenvalue weighted by molar-refractivity contribution is 7.49. The number of aryl methyl sites for hydroxylation is 3. The normalized spacial score (nSPS) is 31.9. The number of fused-ring (bicyclic) bond motifs is 1. The molecule has 174 valence electrons. The average molecular weight is 472 g/mol. The second kappa shape index (κ2) is 7.91. The van der Waals surface area contributed by atoms with Gasteiger partial charge in [0.25, 0.3) is 11.4 Å². The number of aliphatic hydroxyl groups excluding tert-OH is 2. The van der Waals surface area contributed by atoms with Crippen molar-refractivity contribution in [1.29, 1.82) is 0 Å². The molecule has 1 saturated heterocycles. The summed E-state index contributed by atoms with van der Waals surface area (Å²) in [6.07, 6.45) is -4.68. The third-order valence-electron chi connectivity index (χ3n) is 5.29. The summed E-state index contributed by atoms with van der Waals surface area (Å²) in [6.45, 7) is 3.78. The van der Waals surface area contributed by atoms with Gasteiger partial charge in [-0.3, -0.25) is 23.4 Å². The van der Waals surface area contributed by atoms with E-state index in [1.54, 1.807) is 19.1 Å². The van der Waals surface area contributed by atoms with Crippen LogP contribution in [0.4, 0.5) is 4.39 Å². The first kappa shape index (κ1) is 22.8. The van der Waals surface area contributed by atoms with Gasteiger partial charge in [0.05, 0.1) is 6.61 Å². The summed E-state index contributed by atoms with van der Waals surface area (Å²) in [5, 5.41) is 20.5. The van der Waals surface area contributed by atoms with Crippen molar-refractivity contribution in [3.05, 3.63) is 61.4 Å². The van der Waals surface area contributed by atoms with Crippen LogP contribution in [0.5, 0.6) is 5.75 Å². The summed E-state index contributed by atoms with van der Waals surface area (Å²) < 4.78 is 49.7. The van der Waals surface area contributed by atoms with Crippen molar-refractivity contribution >= 4 is 7.82 Å². The largest absolute Gasteiger partial charge is 0.530 e. The molecule has 5 atom stereocenters. The Morgan fingerprint density at radius 2 is 2.00 bits per heavy atom. The number of hydrogen-bond acceptors (Lipinski definition) is 9. The molecule has 1 aromatic carbocycles. The number of benzene rings is 1. The number of aromatic amines is 1. The van der Waals surface area contributed by atoms with Crippen LogP contribution in [0.25, 0.3) is 0 Å². The molecule has 1 unspecified atom stereocenters. The number of alkyl halides is 1. The number of ether oxygens (including phenoxy) is 1. The summed E-state index contributed by atoms with van der Waals surface area (Å²) >= 11 is 0. The van der Waals surface area contributed by atoms with Gasteiger partial charge in [0.2, 0.25) is 0 Å². The van der Waals surface area contributed by atoms with Gasteiger partial charge >= 0.3 is 13.5 Å². The van der Waals surface area contributed by atoms with Gasteiger partial charge in [0.15, 0.2) is 6.23 Å². The number of nitrogens with zero attached hydrogens (tertiary/aromatic N) is 1. The Hall–Kier alpha value is -2.34. The SMILES string of the molecule is Cc1cc(C)c2c(c1)COP(=O)(OC[C@@]1(F)O[C@@H](n3cc(C)c(=O)[nH]c3=O)[C@H](O)[C@@H]1O)O2. The maximum atomic E-state index is 15.4. The smallest absolute Gasteiger partial charge is 0.403 e. The van der Waals surface area contributed by atoms with E-state index in [1.165, 1.54) is 6.92 Å². The van der Waals surface area contributed by atoms with Crippen molar-refractivity contribution in [2.75, 3.05) is 6.61 Å². The Morgan fingerprint density at radius 3 is 2.72 bits per heavy atom. The highest BCUT2D eigenvalue weighted by Gasteiger charge is 2.57. The van der Waals surface area contributed by atoms with Crippen LogP contribution in [0.15, 0.2) is 27.9 Å². The van der Waals surface area contributed by atoms with E-state index in [0.717, 1.165) is 16.3 Å². The van der Waals surface area contributed by atoms with Crippen LogP contribution in [0.3, 0.4) is 0 Å². The summed E-state index contributed by atoms with van der Waals surface area (Å²) in [4.78, 5) is 25.6. The van der Waals surface area contributed by atoms with Crippen LogP contribution in [0.1, 0.15) is 28.5 Å². The molecule has 3 heterocycles. The summed E-state index contributed by atoms with van der Waals surface area (Å²) in [7, 11) is -4.27. The summed E-state index contributed by atoms with van der Waals surface area (Å²) in [6, 6.07) is 3.59. The second-order valence-corrected chi connectivity index (χ2v) is 9.46. The van der Waals surface area contributed by atoms with Crippen LogP contribution in [-0.2, 0) is 25.0 Å². The van der Waals surface area contributed by atoms with Gasteiger partial charge in [0.1, 0.15) is 24.6 Å².